The zero-order valence-corrected chi connectivity index (χ0v) is 12.5. The van der Waals surface area contributed by atoms with Crippen LogP contribution in [0.1, 0.15) is 32.6 Å². The molecule has 0 aliphatic carbocycles. The van der Waals surface area contributed by atoms with Crippen molar-refractivity contribution in [3.63, 3.8) is 0 Å². The van der Waals surface area contributed by atoms with Crippen molar-refractivity contribution in [3.8, 4) is 0 Å². The van der Waals surface area contributed by atoms with Gasteiger partial charge in [-0.1, -0.05) is 0 Å². The molecule has 1 amide bonds. The first kappa shape index (κ1) is 14.1. The summed E-state index contributed by atoms with van der Waals surface area (Å²) >= 11 is 0. The third kappa shape index (κ3) is 3.09. The van der Waals surface area contributed by atoms with Gasteiger partial charge in [0.05, 0.1) is 6.61 Å². The Labute approximate surface area is 121 Å². The van der Waals surface area contributed by atoms with Crippen molar-refractivity contribution in [1.82, 2.24) is 15.1 Å². The summed E-state index contributed by atoms with van der Waals surface area (Å²) in [5, 5.41) is 3.86. The molecule has 5 heteroatoms. The maximum Gasteiger partial charge on any atom is 0.409 e. The van der Waals surface area contributed by atoms with Crippen LogP contribution in [0.15, 0.2) is 0 Å². The molecule has 4 aliphatic rings. The van der Waals surface area contributed by atoms with Crippen LogP contribution in [0.5, 0.6) is 0 Å². The van der Waals surface area contributed by atoms with E-state index in [0.717, 1.165) is 31.8 Å². The Morgan fingerprint density at radius 3 is 2.40 bits per heavy atom. The topological polar surface area (TPSA) is 44.8 Å². The Kier molecular flexibility index (Phi) is 4.46. The van der Waals surface area contributed by atoms with Gasteiger partial charge in [-0.3, -0.25) is 0 Å². The first-order valence-electron chi connectivity index (χ1n) is 8.16. The van der Waals surface area contributed by atoms with E-state index in [4.69, 9.17) is 4.74 Å². The lowest BCUT2D eigenvalue weighted by atomic mass is 9.83. The Morgan fingerprint density at radius 1 is 1.15 bits per heavy atom. The molecule has 4 rings (SSSR count). The zero-order valence-electron chi connectivity index (χ0n) is 12.5. The van der Waals surface area contributed by atoms with Gasteiger partial charge in [-0.2, -0.15) is 0 Å². The number of rotatable bonds is 3. The van der Waals surface area contributed by atoms with Gasteiger partial charge in [0.1, 0.15) is 0 Å². The molecule has 0 saturated carbocycles. The van der Waals surface area contributed by atoms with Crippen molar-refractivity contribution in [2.75, 3.05) is 39.3 Å². The molecule has 114 valence electrons. The van der Waals surface area contributed by atoms with E-state index >= 15 is 0 Å². The quantitative estimate of drug-likeness (QED) is 0.847. The van der Waals surface area contributed by atoms with Crippen LogP contribution in [0.4, 0.5) is 4.79 Å². The number of amides is 1. The maximum atomic E-state index is 11.7. The number of hydrogen-bond acceptors (Lipinski definition) is 4. The van der Waals surface area contributed by atoms with Crippen LogP contribution in [-0.4, -0.2) is 67.3 Å². The molecule has 1 N–H and O–H groups in total. The van der Waals surface area contributed by atoms with Crippen LogP contribution < -0.4 is 5.32 Å². The van der Waals surface area contributed by atoms with Gasteiger partial charge in [0.25, 0.3) is 0 Å². The number of carbonyl (C=O) groups is 1. The van der Waals surface area contributed by atoms with Gasteiger partial charge >= 0.3 is 6.09 Å². The molecule has 4 fully saturated rings. The average Bonchev–Trinajstić information content (AvgIpc) is 2.49. The number of carbonyl (C=O) groups excluding carboxylic acids is 1. The van der Waals surface area contributed by atoms with Gasteiger partial charge < -0.3 is 19.9 Å². The first-order chi connectivity index (χ1) is 9.76. The van der Waals surface area contributed by atoms with E-state index in [-0.39, 0.29) is 6.09 Å². The van der Waals surface area contributed by atoms with E-state index in [1.54, 1.807) is 0 Å². The van der Waals surface area contributed by atoms with Gasteiger partial charge in [-0.15, -0.1) is 0 Å². The largest absolute Gasteiger partial charge is 0.450 e. The molecule has 4 heterocycles. The second kappa shape index (κ2) is 6.31. The average molecular weight is 281 g/mol. The number of piperidine rings is 4. The molecule has 5 nitrogen and oxygen atoms in total. The number of nitrogens with one attached hydrogen (secondary N) is 1. The van der Waals surface area contributed by atoms with Gasteiger partial charge in [-0.05, 0) is 51.6 Å². The van der Waals surface area contributed by atoms with Gasteiger partial charge in [0.2, 0.25) is 0 Å². The van der Waals surface area contributed by atoms with Gasteiger partial charge in [0, 0.05) is 31.7 Å². The Morgan fingerprint density at radius 2 is 1.85 bits per heavy atom. The summed E-state index contributed by atoms with van der Waals surface area (Å²) in [6, 6.07) is 1.25. The summed E-state index contributed by atoms with van der Waals surface area (Å²) < 4.78 is 5.07. The van der Waals surface area contributed by atoms with Crippen LogP contribution in [0.2, 0.25) is 0 Å². The van der Waals surface area contributed by atoms with E-state index in [2.05, 4.69) is 10.2 Å². The van der Waals surface area contributed by atoms with E-state index in [1.807, 2.05) is 11.8 Å². The zero-order chi connectivity index (χ0) is 13.9. The summed E-state index contributed by atoms with van der Waals surface area (Å²) in [6.45, 7) is 7.81. The summed E-state index contributed by atoms with van der Waals surface area (Å²) in [6.07, 6.45) is 4.69. The minimum absolute atomic E-state index is 0.145. The minimum atomic E-state index is -0.145. The van der Waals surface area contributed by atoms with E-state index < -0.39 is 0 Å². The van der Waals surface area contributed by atoms with Crippen LogP contribution in [0, 0.1) is 5.92 Å². The molecule has 0 radical (unpaired) electrons. The second-order valence-corrected chi connectivity index (χ2v) is 6.37. The van der Waals surface area contributed by atoms with Crippen LogP contribution >= 0.6 is 0 Å². The smallest absolute Gasteiger partial charge is 0.409 e. The van der Waals surface area contributed by atoms with Crippen molar-refractivity contribution in [3.05, 3.63) is 0 Å². The van der Waals surface area contributed by atoms with Crippen LogP contribution in [-0.2, 0) is 4.74 Å². The van der Waals surface area contributed by atoms with E-state index in [1.165, 1.54) is 32.5 Å². The standard InChI is InChI=1S/C15H27N3O2/c1-2-20-15(19)18-9-5-13(6-10-18)16-14-11-17-7-3-12(14)4-8-17/h12-14,16H,2-11H2,1H3. The van der Waals surface area contributed by atoms with Crippen molar-refractivity contribution >= 4 is 6.09 Å². The predicted octanol–water partition coefficient (Wildman–Crippen LogP) is 1.29. The fourth-order valence-corrected chi connectivity index (χ4v) is 3.90. The molecular formula is C15H27N3O2. The summed E-state index contributed by atoms with van der Waals surface area (Å²) in [4.78, 5) is 16.1. The molecule has 0 aromatic rings. The molecule has 1 atom stereocenters. The lowest BCUT2D eigenvalue weighted by Gasteiger charge is -2.47. The Hall–Kier alpha value is -0.810. The molecule has 0 aromatic heterocycles. The molecule has 0 aromatic carbocycles. The van der Waals surface area contributed by atoms with Crippen molar-refractivity contribution in [1.29, 1.82) is 0 Å². The molecular weight excluding hydrogens is 254 g/mol. The van der Waals surface area contributed by atoms with E-state index in [0.29, 0.717) is 18.7 Å². The predicted molar refractivity (Wildman–Crippen MR) is 77.7 cm³/mol. The summed E-state index contributed by atoms with van der Waals surface area (Å²) in [5.74, 6) is 0.878. The third-order valence-corrected chi connectivity index (χ3v) is 5.13. The van der Waals surface area contributed by atoms with Crippen molar-refractivity contribution in [2.24, 2.45) is 5.92 Å². The molecule has 1 unspecified atom stereocenters. The highest BCUT2D eigenvalue weighted by Gasteiger charge is 2.35. The minimum Gasteiger partial charge on any atom is -0.450 e. The number of likely N-dealkylation sites (tertiary alicyclic amines) is 1. The van der Waals surface area contributed by atoms with Crippen molar-refractivity contribution in [2.45, 2.75) is 44.7 Å². The number of hydrogen-bond donors (Lipinski definition) is 1. The highest BCUT2D eigenvalue weighted by atomic mass is 16.6. The lowest BCUT2D eigenvalue weighted by Crippen LogP contribution is -2.59. The summed E-state index contributed by atoms with van der Waals surface area (Å²) in [7, 11) is 0. The van der Waals surface area contributed by atoms with Crippen molar-refractivity contribution < 1.29 is 9.53 Å². The molecule has 4 aliphatic heterocycles. The summed E-state index contributed by atoms with van der Waals surface area (Å²) in [5.41, 5.74) is 0. The van der Waals surface area contributed by atoms with E-state index in [9.17, 15) is 4.79 Å². The Balaban J connectivity index is 1.43. The highest BCUT2D eigenvalue weighted by Crippen LogP contribution is 2.28. The van der Waals surface area contributed by atoms with Gasteiger partial charge in [0.15, 0.2) is 0 Å². The highest BCUT2D eigenvalue weighted by molar-refractivity contribution is 5.67. The first-order valence-corrected chi connectivity index (χ1v) is 8.16. The maximum absolute atomic E-state index is 11.7. The number of nitrogens with zero attached hydrogens (tertiary/aromatic N) is 2. The fraction of sp³-hybridized carbons (Fsp3) is 0.933. The molecule has 20 heavy (non-hydrogen) atoms. The number of fused-ring (bicyclic) bond motifs is 3. The van der Waals surface area contributed by atoms with Crippen LogP contribution in [0.3, 0.4) is 0 Å². The lowest BCUT2D eigenvalue weighted by molar-refractivity contribution is 0.0573. The normalized spacial score (nSPS) is 34.2. The second-order valence-electron chi connectivity index (χ2n) is 6.37. The van der Waals surface area contributed by atoms with Gasteiger partial charge in [-0.25, -0.2) is 4.79 Å². The molecule has 4 saturated heterocycles. The third-order valence-electron chi connectivity index (χ3n) is 5.13. The number of ether oxygens (including phenoxy) is 1. The van der Waals surface area contributed by atoms with Crippen LogP contribution in [0.25, 0.3) is 0 Å². The fourth-order valence-electron chi connectivity index (χ4n) is 3.90. The molecule has 2 bridgehead atoms. The Bertz CT molecular complexity index is 334. The molecule has 0 spiro atoms. The SMILES string of the molecule is CCOC(=O)N1CCC(NC2CN3CCC2CC3)CC1. The monoisotopic (exact) mass is 281 g/mol.